The number of methoxy groups -OCH3 is 1. The maximum absolute atomic E-state index is 12.6. The highest BCUT2D eigenvalue weighted by Crippen LogP contribution is 2.29. The largest absolute Gasteiger partial charge is 0.495 e. The molecule has 10 heteroatoms. The summed E-state index contributed by atoms with van der Waals surface area (Å²) in [5, 5.41) is 3.45. The molecule has 0 atom stereocenters. The molecule has 1 amide bonds. The van der Waals surface area contributed by atoms with E-state index < -0.39 is 10.0 Å². The van der Waals surface area contributed by atoms with E-state index in [1.165, 1.54) is 45.1 Å². The fourth-order valence-corrected chi connectivity index (χ4v) is 4.88. The molecule has 3 rings (SSSR count). The molecule has 0 saturated carbocycles. The van der Waals surface area contributed by atoms with Crippen LogP contribution >= 0.6 is 11.8 Å². The summed E-state index contributed by atoms with van der Waals surface area (Å²) in [4.78, 5) is 16.9. The number of anilines is 1. The lowest BCUT2D eigenvalue weighted by Gasteiger charge is -2.16. The van der Waals surface area contributed by atoms with Crippen molar-refractivity contribution in [3.05, 3.63) is 59.9 Å². The number of amides is 1. The molecule has 0 unspecified atom stereocenters. The van der Waals surface area contributed by atoms with Crippen LogP contribution in [0, 0.1) is 13.8 Å². The number of imidazole rings is 1. The Morgan fingerprint density at radius 2 is 1.94 bits per heavy atom. The molecular formula is C22H26N4O4S2. The van der Waals surface area contributed by atoms with Crippen LogP contribution in [0.15, 0.2) is 58.8 Å². The second-order valence-corrected chi connectivity index (χ2v) is 10.4. The maximum Gasteiger partial charge on any atom is 0.246 e. The Morgan fingerprint density at radius 1 is 1.19 bits per heavy atom. The van der Waals surface area contributed by atoms with Crippen LogP contribution in [-0.2, 0) is 14.8 Å². The summed E-state index contributed by atoms with van der Waals surface area (Å²) in [5.74, 6) is 0.0504. The molecule has 0 bridgehead atoms. The lowest BCUT2D eigenvalue weighted by atomic mass is 10.1. The van der Waals surface area contributed by atoms with Crippen LogP contribution in [0.4, 0.5) is 5.69 Å². The Balaban J connectivity index is 1.75. The van der Waals surface area contributed by atoms with Gasteiger partial charge in [-0.2, -0.15) is 0 Å². The number of sulfonamides is 1. The number of benzene rings is 2. The molecule has 1 N–H and O–H groups in total. The fraction of sp³-hybridized carbons (Fsp3) is 0.273. The van der Waals surface area contributed by atoms with Crippen molar-refractivity contribution in [3.63, 3.8) is 0 Å². The Bertz CT molecular complexity index is 1240. The van der Waals surface area contributed by atoms with Gasteiger partial charge >= 0.3 is 0 Å². The van der Waals surface area contributed by atoms with Crippen LogP contribution in [0.2, 0.25) is 0 Å². The van der Waals surface area contributed by atoms with Crippen LogP contribution in [0.3, 0.4) is 0 Å². The van der Waals surface area contributed by atoms with Gasteiger partial charge in [-0.25, -0.2) is 17.7 Å². The maximum atomic E-state index is 12.6. The molecule has 170 valence electrons. The first-order valence-corrected chi connectivity index (χ1v) is 12.2. The van der Waals surface area contributed by atoms with E-state index in [1.807, 2.05) is 24.6 Å². The highest BCUT2D eigenvalue weighted by atomic mass is 32.2. The van der Waals surface area contributed by atoms with E-state index in [0.717, 1.165) is 21.1 Å². The second kappa shape index (κ2) is 9.76. The average Bonchev–Trinajstić information content (AvgIpc) is 3.22. The number of hydrogen-bond acceptors (Lipinski definition) is 6. The normalized spacial score (nSPS) is 11.6. The molecular weight excluding hydrogens is 448 g/mol. The van der Waals surface area contributed by atoms with Crippen molar-refractivity contribution in [3.8, 4) is 11.4 Å². The van der Waals surface area contributed by atoms with Gasteiger partial charge in [0.25, 0.3) is 0 Å². The third-order valence-electron chi connectivity index (χ3n) is 4.77. The van der Waals surface area contributed by atoms with Gasteiger partial charge in [-0.1, -0.05) is 23.9 Å². The number of carbonyl (C=O) groups is 1. The topological polar surface area (TPSA) is 93.5 Å². The second-order valence-electron chi connectivity index (χ2n) is 7.36. The third kappa shape index (κ3) is 5.14. The summed E-state index contributed by atoms with van der Waals surface area (Å²) in [6, 6.07) is 10.7. The average molecular weight is 475 g/mol. The minimum atomic E-state index is -3.73. The predicted molar refractivity (Wildman–Crippen MR) is 126 cm³/mol. The van der Waals surface area contributed by atoms with Crippen LogP contribution in [0.1, 0.15) is 11.1 Å². The summed E-state index contributed by atoms with van der Waals surface area (Å²) < 4.78 is 33.4. The van der Waals surface area contributed by atoms with Crippen molar-refractivity contribution in [1.82, 2.24) is 13.9 Å². The Hall–Kier alpha value is -2.82. The zero-order chi connectivity index (χ0) is 23.5. The zero-order valence-electron chi connectivity index (χ0n) is 18.6. The predicted octanol–water partition coefficient (Wildman–Crippen LogP) is 3.48. The van der Waals surface area contributed by atoms with E-state index in [1.54, 1.807) is 12.3 Å². The van der Waals surface area contributed by atoms with Gasteiger partial charge in [-0.3, -0.25) is 9.36 Å². The SMILES string of the molecule is COc1ccc(NC(=O)CSc2nccn2-c2cc(C)ccc2C)cc1S(=O)(=O)N(C)C. The molecule has 0 spiro atoms. The van der Waals surface area contributed by atoms with E-state index in [0.29, 0.717) is 10.8 Å². The number of thioether (sulfide) groups is 1. The highest BCUT2D eigenvalue weighted by Gasteiger charge is 2.23. The monoisotopic (exact) mass is 474 g/mol. The molecule has 1 aromatic heterocycles. The van der Waals surface area contributed by atoms with E-state index in [9.17, 15) is 13.2 Å². The van der Waals surface area contributed by atoms with E-state index in [2.05, 4.69) is 28.5 Å². The first-order chi connectivity index (χ1) is 15.1. The summed E-state index contributed by atoms with van der Waals surface area (Å²) in [5.41, 5.74) is 3.62. The number of hydrogen-bond donors (Lipinski definition) is 1. The van der Waals surface area contributed by atoms with Gasteiger partial charge < -0.3 is 10.1 Å². The summed E-state index contributed by atoms with van der Waals surface area (Å²) in [7, 11) is 0.547. The van der Waals surface area contributed by atoms with E-state index in [4.69, 9.17) is 4.74 Å². The number of nitrogens with one attached hydrogen (secondary N) is 1. The number of aryl methyl sites for hydroxylation is 2. The number of nitrogens with zero attached hydrogens (tertiary/aromatic N) is 3. The Kier molecular flexibility index (Phi) is 7.27. The Labute approximate surface area is 192 Å². The van der Waals surface area contributed by atoms with Gasteiger partial charge in [0.15, 0.2) is 5.16 Å². The van der Waals surface area contributed by atoms with E-state index in [-0.39, 0.29) is 22.3 Å². The highest BCUT2D eigenvalue weighted by molar-refractivity contribution is 7.99. The molecule has 0 fully saturated rings. The van der Waals surface area contributed by atoms with Gasteiger partial charge in [0, 0.05) is 32.2 Å². The van der Waals surface area contributed by atoms with Crippen molar-refractivity contribution in [1.29, 1.82) is 0 Å². The summed E-state index contributed by atoms with van der Waals surface area (Å²) in [6.07, 6.45) is 3.56. The molecule has 0 radical (unpaired) electrons. The van der Waals surface area contributed by atoms with Crippen molar-refractivity contribution in [2.45, 2.75) is 23.9 Å². The van der Waals surface area contributed by atoms with Gasteiger partial charge in [0.05, 0.1) is 18.6 Å². The molecule has 8 nitrogen and oxygen atoms in total. The summed E-state index contributed by atoms with van der Waals surface area (Å²) in [6.45, 7) is 4.05. The van der Waals surface area contributed by atoms with E-state index >= 15 is 0 Å². The summed E-state index contributed by atoms with van der Waals surface area (Å²) >= 11 is 1.30. The molecule has 0 saturated heterocycles. The molecule has 1 heterocycles. The van der Waals surface area contributed by atoms with Gasteiger partial charge in [-0.05, 0) is 49.2 Å². The number of ether oxygens (including phenoxy) is 1. The standard InChI is InChI=1S/C22H26N4O4S2/c1-15-6-7-16(2)18(12-15)26-11-10-23-22(26)31-14-21(27)24-17-8-9-19(30-5)20(13-17)32(28,29)25(3)4/h6-13H,14H2,1-5H3,(H,24,27). The quantitative estimate of drug-likeness (QED) is 0.503. The van der Waals surface area contributed by atoms with Crippen LogP contribution < -0.4 is 10.1 Å². The van der Waals surface area contributed by atoms with Crippen LogP contribution in [-0.4, -0.2) is 55.1 Å². The van der Waals surface area contributed by atoms with Crippen molar-refractivity contribution >= 4 is 33.4 Å². The molecule has 32 heavy (non-hydrogen) atoms. The van der Waals surface area contributed by atoms with Crippen molar-refractivity contribution in [2.75, 3.05) is 32.3 Å². The molecule has 2 aromatic carbocycles. The number of carbonyl (C=O) groups excluding carboxylic acids is 1. The van der Waals surface area contributed by atoms with Crippen molar-refractivity contribution in [2.24, 2.45) is 0 Å². The Morgan fingerprint density at radius 3 is 2.62 bits per heavy atom. The zero-order valence-corrected chi connectivity index (χ0v) is 20.3. The number of rotatable bonds is 8. The van der Waals surface area contributed by atoms with Crippen LogP contribution in [0.25, 0.3) is 5.69 Å². The van der Waals surface area contributed by atoms with Crippen LogP contribution in [0.5, 0.6) is 5.75 Å². The van der Waals surface area contributed by atoms with Crippen molar-refractivity contribution < 1.29 is 17.9 Å². The molecule has 0 aliphatic heterocycles. The lowest BCUT2D eigenvalue weighted by Crippen LogP contribution is -2.23. The molecule has 0 aliphatic rings. The lowest BCUT2D eigenvalue weighted by molar-refractivity contribution is -0.113. The van der Waals surface area contributed by atoms with Gasteiger partial charge in [0.1, 0.15) is 10.6 Å². The minimum Gasteiger partial charge on any atom is -0.495 e. The third-order valence-corrected chi connectivity index (χ3v) is 7.57. The van der Waals surface area contributed by atoms with Gasteiger partial charge in [-0.15, -0.1) is 0 Å². The fourth-order valence-electron chi connectivity index (χ4n) is 3.04. The first-order valence-electron chi connectivity index (χ1n) is 9.77. The smallest absolute Gasteiger partial charge is 0.246 e. The minimum absolute atomic E-state index is 0.0130. The first kappa shape index (κ1) is 23.8. The molecule has 0 aliphatic carbocycles. The molecule has 3 aromatic rings. The van der Waals surface area contributed by atoms with Gasteiger partial charge in [0.2, 0.25) is 15.9 Å². The number of aromatic nitrogens is 2.